The minimum absolute atomic E-state index is 0.418. The molecular weight excluding hydrogens is 212 g/mol. The van der Waals surface area contributed by atoms with Gasteiger partial charge in [-0.25, -0.2) is 9.97 Å². The van der Waals surface area contributed by atoms with Crippen molar-refractivity contribution >= 4 is 11.6 Å². The van der Waals surface area contributed by atoms with Crippen LogP contribution in [-0.4, -0.2) is 22.6 Å². The fourth-order valence-electron chi connectivity index (χ4n) is 2.06. The first-order valence-corrected chi connectivity index (χ1v) is 6.48. The van der Waals surface area contributed by atoms with Gasteiger partial charge in [-0.15, -0.1) is 0 Å². The van der Waals surface area contributed by atoms with Crippen molar-refractivity contribution in [2.45, 2.75) is 46.1 Å². The standard InChI is InChI=1S/C13H22N4/c1-5-14-12-11(8(2)3)13(16-7-15-12)17-10-6-9(10)4/h7-10H,5-6H2,1-4H3,(H2,14,15,16,17). The molecule has 1 fully saturated rings. The molecular formula is C13H22N4. The largest absolute Gasteiger partial charge is 0.370 e. The lowest BCUT2D eigenvalue weighted by molar-refractivity contribution is 0.838. The summed E-state index contributed by atoms with van der Waals surface area (Å²) in [7, 11) is 0. The molecule has 1 aliphatic carbocycles. The third kappa shape index (κ3) is 2.68. The molecule has 1 aromatic rings. The van der Waals surface area contributed by atoms with Crippen LogP contribution in [0.3, 0.4) is 0 Å². The van der Waals surface area contributed by atoms with E-state index < -0.39 is 0 Å². The van der Waals surface area contributed by atoms with Gasteiger partial charge in [-0.2, -0.15) is 0 Å². The van der Waals surface area contributed by atoms with Crippen molar-refractivity contribution in [3.05, 3.63) is 11.9 Å². The molecule has 1 saturated carbocycles. The predicted octanol–water partition coefficient (Wildman–Crippen LogP) is 2.85. The second-order valence-corrected chi connectivity index (χ2v) is 5.13. The Hall–Kier alpha value is -1.32. The average Bonchev–Trinajstić information content (AvgIpc) is 2.94. The lowest BCUT2D eigenvalue weighted by Crippen LogP contribution is -2.13. The van der Waals surface area contributed by atoms with Crippen molar-refractivity contribution in [3.63, 3.8) is 0 Å². The summed E-state index contributed by atoms with van der Waals surface area (Å²) in [4.78, 5) is 8.73. The summed E-state index contributed by atoms with van der Waals surface area (Å²) >= 11 is 0. The molecule has 0 bridgehead atoms. The van der Waals surface area contributed by atoms with E-state index in [-0.39, 0.29) is 0 Å². The van der Waals surface area contributed by atoms with Crippen LogP contribution in [0.5, 0.6) is 0 Å². The van der Waals surface area contributed by atoms with E-state index >= 15 is 0 Å². The Morgan fingerprint density at radius 3 is 2.53 bits per heavy atom. The van der Waals surface area contributed by atoms with Gasteiger partial charge in [0.15, 0.2) is 0 Å². The smallest absolute Gasteiger partial charge is 0.135 e. The van der Waals surface area contributed by atoms with Crippen molar-refractivity contribution in [2.24, 2.45) is 5.92 Å². The van der Waals surface area contributed by atoms with Crippen LogP contribution in [-0.2, 0) is 0 Å². The second-order valence-electron chi connectivity index (χ2n) is 5.13. The Morgan fingerprint density at radius 2 is 2.00 bits per heavy atom. The minimum atomic E-state index is 0.418. The summed E-state index contributed by atoms with van der Waals surface area (Å²) in [5.41, 5.74) is 1.20. The maximum absolute atomic E-state index is 4.40. The van der Waals surface area contributed by atoms with Crippen LogP contribution in [0.25, 0.3) is 0 Å². The van der Waals surface area contributed by atoms with Crippen LogP contribution in [0.15, 0.2) is 6.33 Å². The van der Waals surface area contributed by atoms with Crippen molar-refractivity contribution in [1.82, 2.24) is 9.97 Å². The summed E-state index contributed by atoms with van der Waals surface area (Å²) in [5.74, 6) is 3.16. The van der Waals surface area contributed by atoms with Crippen LogP contribution in [0.2, 0.25) is 0 Å². The van der Waals surface area contributed by atoms with Crippen molar-refractivity contribution in [2.75, 3.05) is 17.2 Å². The van der Waals surface area contributed by atoms with Gasteiger partial charge in [0.2, 0.25) is 0 Å². The van der Waals surface area contributed by atoms with E-state index in [0.29, 0.717) is 12.0 Å². The first kappa shape index (κ1) is 12.1. The van der Waals surface area contributed by atoms with Crippen molar-refractivity contribution in [1.29, 1.82) is 0 Å². The lowest BCUT2D eigenvalue weighted by Gasteiger charge is -2.17. The molecule has 17 heavy (non-hydrogen) atoms. The molecule has 1 aliphatic rings. The molecule has 0 radical (unpaired) electrons. The highest BCUT2D eigenvalue weighted by molar-refractivity contribution is 5.59. The Kier molecular flexibility index (Phi) is 3.50. The van der Waals surface area contributed by atoms with Gasteiger partial charge in [0.25, 0.3) is 0 Å². The molecule has 0 spiro atoms. The van der Waals surface area contributed by atoms with Gasteiger partial charge in [-0.1, -0.05) is 20.8 Å². The third-order valence-corrected chi connectivity index (χ3v) is 3.24. The molecule has 0 saturated heterocycles. The van der Waals surface area contributed by atoms with E-state index in [1.54, 1.807) is 6.33 Å². The first-order chi connectivity index (χ1) is 8.13. The van der Waals surface area contributed by atoms with Crippen LogP contribution in [0.4, 0.5) is 11.6 Å². The summed E-state index contributed by atoms with van der Waals surface area (Å²) in [6, 6.07) is 0.594. The minimum Gasteiger partial charge on any atom is -0.370 e. The molecule has 4 nitrogen and oxygen atoms in total. The molecule has 2 N–H and O–H groups in total. The van der Waals surface area contributed by atoms with Gasteiger partial charge in [0.05, 0.1) is 0 Å². The summed E-state index contributed by atoms with van der Waals surface area (Å²) in [6.45, 7) is 9.60. The number of aromatic nitrogens is 2. The number of nitrogens with one attached hydrogen (secondary N) is 2. The first-order valence-electron chi connectivity index (χ1n) is 6.48. The molecule has 1 heterocycles. The van der Waals surface area contributed by atoms with Gasteiger partial charge in [-0.05, 0) is 25.2 Å². The zero-order chi connectivity index (χ0) is 12.4. The third-order valence-electron chi connectivity index (χ3n) is 3.24. The quantitative estimate of drug-likeness (QED) is 0.822. The van der Waals surface area contributed by atoms with Gasteiger partial charge >= 0.3 is 0 Å². The average molecular weight is 234 g/mol. The highest BCUT2D eigenvalue weighted by Crippen LogP contribution is 2.35. The van der Waals surface area contributed by atoms with Gasteiger partial charge in [0, 0.05) is 18.2 Å². The molecule has 1 aromatic heterocycles. The van der Waals surface area contributed by atoms with E-state index in [1.165, 1.54) is 12.0 Å². The van der Waals surface area contributed by atoms with E-state index in [2.05, 4.69) is 48.3 Å². The topological polar surface area (TPSA) is 49.8 Å². The normalized spacial score (nSPS) is 22.6. The molecule has 4 heteroatoms. The summed E-state index contributed by atoms with van der Waals surface area (Å²) in [6.07, 6.45) is 2.89. The van der Waals surface area contributed by atoms with E-state index in [9.17, 15) is 0 Å². The van der Waals surface area contributed by atoms with Crippen LogP contribution < -0.4 is 10.6 Å². The Labute approximate surface area is 103 Å². The van der Waals surface area contributed by atoms with Gasteiger partial charge in [0.1, 0.15) is 18.0 Å². The summed E-state index contributed by atoms with van der Waals surface area (Å²) in [5, 5.41) is 6.83. The van der Waals surface area contributed by atoms with Crippen LogP contribution >= 0.6 is 0 Å². The number of hydrogen-bond acceptors (Lipinski definition) is 4. The number of nitrogens with zero attached hydrogens (tertiary/aromatic N) is 2. The number of rotatable bonds is 5. The Morgan fingerprint density at radius 1 is 1.35 bits per heavy atom. The lowest BCUT2D eigenvalue weighted by atomic mass is 10.0. The number of hydrogen-bond donors (Lipinski definition) is 2. The molecule has 0 aliphatic heterocycles. The maximum atomic E-state index is 4.40. The Bertz CT molecular complexity index is 389. The van der Waals surface area contributed by atoms with Crippen molar-refractivity contribution in [3.8, 4) is 0 Å². The van der Waals surface area contributed by atoms with Gasteiger partial charge in [-0.3, -0.25) is 0 Å². The zero-order valence-corrected chi connectivity index (χ0v) is 11.1. The molecule has 94 valence electrons. The van der Waals surface area contributed by atoms with Gasteiger partial charge < -0.3 is 10.6 Å². The molecule has 2 rings (SSSR count). The SMILES string of the molecule is CCNc1ncnc(NC2CC2C)c1C(C)C. The fourth-order valence-corrected chi connectivity index (χ4v) is 2.06. The highest BCUT2D eigenvalue weighted by atomic mass is 15.1. The van der Waals surface area contributed by atoms with Crippen LogP contribution in [0, 0.1) is 5.92 Å². The Balaban J connectivity index is 2.26. The maximum Gasteiger partial charge on any atom is 0.135 e. The monoisotopic (exact) mass is 234 g/mol. The molecule has 0 amide bonds. The zero-order valence-electron chi connectivity index (χ0n) is 11.1. The van der Waals surface area contributed by atoms with Crippen molar-refractivity contribution < 1.29 is 0 Å². The molecule has 2 unspecified atom stereocenters. The second kappa shape index (κ2) is 4.90. The van der Waals surface area contributed by atoms with Crippen LogP contribution in [0.1, 0.15) is 45.6 Å². The van der Waals surface area contributed by atoms with E-state index in [0.717, 1.165) is 24.1 Å². The fraction of sp³-hybridized carbons (Fsp3) is 0.692. The number of anilines is 2. The summed E-state index contributed by atoms with van der Waals surface area (Å²) < 4.78 is 0. The predicted molar refractivity (Wildman–Crippen MR) is 71.5 cm³/mol. The highest BCUT2D eigenvalue weighted by Gasteiger charge is 2.33. The molecule has 0 aromatic carbocycles. The van der Waals surface area contributed by atoms with E-state index in [4.69, 9.17) is 0 Å². The molecule has 2 atom stereocenters. The van der Waals surface area contributed by atoms with E-state index in [1.807, 2.05) is 0 Å².